The number of carbonyl (C=O) groups excluding carboxylic acids is 1. The van der Waals surface area contributed by atoms with Crippen molar-refractivity contribution in [3.63, 3.8) is 0 Å². The van der Waals surface area contributed by atoms with Crippen LogP contribution < -0.4 is 0 Å². The molecule has 0 aliphatic carbocycles. The first kappa shape index (κ1) is 12.7. The van der Waals surface area contributed by atoms with E-state index in [0.717, 1.165) is 0 Å². The number of hydrogen-bond acceptors (Lipinski definition) is 2. The summed E-state index contributed by atoms with van der Waals surface area (Å²) in [6.45, 7) is 0.748. The molecule has 0 N–H and O–H groups in total. The molecule has 0 radical (unpaired) electrons. The Morgan fingerprint density at radius 1 is 1.31 bits per heavy atom. The van der Waals surface area contributed by atoms with Crippen molar-refractivity contribution < 1.29 is 22.7 Å². The minimum Gasteiger partial charge on any atom is -0.294 e. The van der Waals surface area contributed by atoms with Crippen LogP contribution in [0.5, 0.6) is 0 Å². The van der Waals surface area contributed by atoms with Gasteiger partial charge in [-0.25, -0.2) is 0 Å². The van der Waals surface area contributed by atoms with Gasteiger partial charge >= 0.3 is 6.36 Å². The Morgan fingerprint density at radius 3 is 2.38 bits per heavy atom. The molecule has 0 aromatic heterocycles. The number of rotatable bonds is 4. The van der Waals surface area contributed by atoms with Gasteiger partial charge < -0.3 is 0 Å². The van der Waals surface area contributed by atoms with E-state index in [1.807, 2.05) is 0 Å². The van der Waals surface area contributed by atoms with Gasteiger partial charge in [0, 0.05) is 11.5 Å². The summed E-state index contributed by atoms with van der Waals surface area (Å²) in [5.41, 5.74) is 0.390. The van der Waals surface area contributed by atoms with Gasteiger partial charge in [-0.15, -0.1) is 13.2 Å². The fraction of sp³-hybridized carbons (Fsp3) is 0.364. The van der Waals surface area contributed by atoms with Gasteiger partial charge in [-0.3, -0.25) is 9.53 Å². The van der Waals surface area contributed by atoms with Crippen molar-refractivity contribution in [2.45, 2.75) is 13.3 Å². The van der Waals surface area contributed by atoms with Gasteiger partial charge in [0.2, 0.25) is 0 Å². The Hall–Kier alpha value is -1.36. The minimum atomic E-state index is -4.69. The largest absolute Gasteiger partial charge is 0.522 e. The van der Waals surface area contributed by atoms with Crippen molar-refractivity contribution in [2.24, 2.45) is 5.92 Å². The van der Waals surface area contributed by atoms with Gasteiger partial charge in [-0.1, -0.05) is 37.3 Å². The zero-order chi connectivity index (χ0) is 12.2. The number of hydrogen-bond donors (Lipinski definition) is 0. The first-order chi connectivity index (χ1) is 7.40. The van der Waals surface area contributed by atoms with Crippen molar-refractivity contribution in [2.75, 3.05) is 6.61 Å². The molecule has 1 unspecified atom stereocenters. The number of ether oxygens (including phenoxy) is 1. The highest BCUT2D eigenvalue weighted by atomic mass is 19.4. The second-order valence-corrected chi connectivity index (χ2v) is 3.39. The van der Waals surface area contributed by atoms with Crippen LogP contribution in [0.3, 0.4) is 0 Å². The molecule has 0 saturated heterocycles. The second kappa shape index (κ2) is 5.12. The average molecular weight is 232 g/mol. The molecule has 0 saturated carbocycles. The van der Waals surface area contributed by atoms with Crippen molar-refractivity contribution in [1.29, 1.82) is 0 Å². The van der Waals surface area contributed by atoms with E-state index in [-0.39, 0.29) is 5.78 Å². The molecule has 1 aromatic rings. The highest BCUT2D eigenvalue weighted by molar-refractivity contribution is 5.97. The monoisotopic (exact) mass is 232 g/mol. The summed E-state index contributed by atoms with van der Waals surface area (Å²) in [6, 6.07) is 8.17. The maximum atomic E-state index is 11.7. The van der Waals surface area contributed by atoms with E-state index in [2.05, 4.69) is 4.74 Å². The smallest absolute Gasteiger partial charge is 0.294 e. The molecule has 0 bridgehead atoms. The van der Waals surface area contributed by atoms with E-state index in [1.165, 1.54) is 6.92 Å². The molecule has 2 nitrogen and oxygen atoms in total. The zero-order valence-corrected chi connectivity index (χ0v) is 8.62. The number of ketones is 1. The third-order valence-corrected chi connectivity index (χ3v) is 2.00. The fourth-order valence-electron chi connectivity index (χ4n) is 1.18. The molecule has 0 fully saturated rings. The van der Waals surface area contributed by atoms with Gasteiger partial charge in [0.05, 0.1) is 6.61 Å². The minimum absolute atomic E-state index is 0.357. The van der Waals surface area contributed by atoms with E-state index in [0.29, 0.717) is 5.56 Å². The maximum absolute atomic E-state index is 11.7. The van der Waals surface area contributed by atoms with Crippen LogP contribution in [0.25, 0.3) is 0 Å². The molecule has 0 amide bonds. The Bertz CT molecular complexity index is 346. The number of alkyl halides is 3. The molecule has 5 heteroatoms. The lowest BCUT2D eigenvalue weighted by Gasteiger charge is -2.12. The molecule has 1 atom stereocenters. The molecule has 0 aliphatic rings. The summed E-state index contributed by atoms with van der Waals surface area (Å²) in [7, 11) is 0. The highest BCUT2D eigenvalue weighted by Crippen LogP contribution is 2.18. The normalized spacial score (nSPS) is 13.5. The predicted octanol–water partition coefficient (Wildman–Crippen LogP) is 3.04. The Balaban J connectivity index is 2.55. The summed E-state index contributed by atoms with van der Waals surface area (Å²) in [5.74, 6) is -1.17. The van der Waals surface area contributed by atoms with Gasteiger partial charge in [0.25, 0.3) is 0 Å². The van der Waals surface area contributed by atoms with Crippen molar-refractivity contribution >= 4 is 5.78 Å². The molecule has 0 heterocycles. The van der Waals surface area contributed by atoms with Crippen molar-refractivity contribution in [3.8, 4) is 0 Å². The number of benzene rings is 1. The van der Waals surface area contributed by atoms with Crippen molar-refractivity contribution in [3.05, 3.63) is 35.9 Å². The first-order valence-electron chi connectivity index (χ1n) is 4.70. The van der Waals surface area contributed by atoms with Gasteiger partial charge in [0.15, 0.2) is 5.78 Å². The van der Waals surface area contributed by atoms with Gasteiger partial charge in [-0.2, -0.15) is 0 Å². The average Bonchev–Trinajstić information content (AvgIpc) is 2.25. The highest BCUT2D eigenvalue weighted by Gasteiger charge is 2.31. The quantitative estimate of drug-likeness (QED) is 0.746. The molecule has 1 rings (SSSR count). The van der Waals surface area contributed by atoms with Crippen LogP contribution in [0.4, 0.5) is 13.2 Å². The van der Waals surface area contributed by atoms with Gasteiger partial charge in [-0.05, 0) is 0 Å². The van der Waals surface area contributed by atoms with E-state index >= 15 is 0 Å². The first-order valence-corrected chi connectivity index (χ1v) is 4.70. The standard InChI is InChI=1S/C11H11F3O2/c1-8(7-16-11(12,13)14)10(15)9-5-3-2-4-6-9/h2-6,8H,7H2,1H3. The summed E-state index contributed by atoms with van der Waals surface area (Å²) in [4.78, 5) is 11.6. The predicted molar refractivity (Wildman–Crippen MR) is 51.9 cm³/mol. The number of Topliss-reactive ketones (excluding diaryl/α,β-unsaturated/α-hetero) is 1. The van der Waals surface area contributed by atoms with Crippen molar-refractivity contribution in [1.82, 2.24) is 0 Å². The van der Waals surface area contributed by atoms with E-state index in [9.17, 15) is 18.0 Å². The van der Waals surface area contributed by atoms with Crippen LogP contribution in [0.15, 0.2) is 30.3 Å². The lowest BCUT2D eigenvalue weighted by Crippen LogP contribution is -2.23. The topological polar surface area (TPSA) is 26.3 Å². The fourth-order valence-corrected chi connectivity index (χ4v) is 1.18. The maximum Gasteiger partial charge on any atom is 0.522 e. The van der Waals surface area contributed by atoms with E-state index in [1.54, 1.807) is 30.3 Å². The number of halogens is 3. The molecule has 88 valence electrons. The molecule has 16 heavy (non-hydrogen) atoms. The Labute approximate surface area is 91.0 Å². The van der Waals surface area contributed by atoms with Crippen LogP contribution in [-0.4, -0.2) is 18.8 Å². The van der Waals surface area contributed by atoms with E-state index in [4.69, 9.17) is 0 Å². The third kappa shape index (κ3) is 4.02. The van der Waals surface area contributed by atoms with Gasteiger partial charge in [0.1, 0.15) is 0 Å². The molecular formula is C11H11F3O2. The molecule has 0 spiro atoms. The molecule has 0 aliphatic heterocycles. The third-order valence-electron chi connectivity index (χ3n) is 2.00. The summed E-state index contributed by atoms with van der Waals surface area (Å²) < 4.78 is 38.9. The van der Waals surface area contributed by atoms with Crippen LogP contribution in [0.1, 0.15) is 17.3 Å². The van der Waals surface area contributed by atoms with Crippen LogP contribution in [0, 0.1) is 5.92 Å². The molecular weight excluding hydrogens is 221 g/mol. The Morgan fingerprint density at radius 2 is 1.88 bits per heavy atom. The summed E-state index contributed by atoms with van der Waals surface area (Å²) >= 11 is 0. The van der Waals surface area contributed by atoms with Crippen LogP contribution >= 0.6 is 0 Å². The lowest BCUT2D eigenvalue weighted by atomic mass is 10.0. The number of carbonyl (C=O) groups is 1. The zero-order valence-electron chi connectivity index (χ0n) is 8.62. The summed E-state index contributed by atoms with van der Waals surface area (Å²) in [5, 5.41) is 0. The summed E-state index contributed by atoms with van der Waals surface area (Å²) in [6.07, 6.45) is -4.69. The molecule has 1 aromatic carbocycles. The SMILES string of the molecule is CC(COC(F)(F)F)C(=O)c1ccccc1. The van der Waals surface area contributed by atoms with E-state index < -0.39 is 18.9 Å². The second-order valence-electron chi connectivity index (χ2n) is 3.39. The van der Waals surface area contributed by atoms with Crippen LogP contribution in [-0.2, 0) is 4.74 Å². The van der Waals surface area contributed by atoms with Crippen LogP contribution in [0.2, 0.25) is 0 Å². The lowest BCUT2D eigenvalue weighted by molar-refractivity contribution is -0.326. The Kier molecular flexibility index (Phi) is 4.06.